The van der Waals surface area contributed by atoms with Gasteiger partial charge in [-0.2, -0.15) is 0 Å². The van der Waals surface area contributed by atoms with Crippen LogP contribution < -0.4 is 5.32 Å². The van der Waals surface area contributed by atoms with Gasteiger partial charge in [0.15, 0.2) is 0 Å². The molecule has 0 bridgehead atoms. The van der Waals surface area contributed by atoms with E-state index in [0.29, 0.717) is 12.8 Å². The van der Waals surface area contributed by atoms with Gasteiger partial charge in [-0.15, -0.1) is 0 Å². The lowest BCUT2D eigenvalue weighted by atomic mass is 10.1. The van der Waals surface area contributed by atoms with Crippen molar-refractivity contribution >= 4 is 40.4 Å². The number of ether oxygens (including phenoxy) is 1. The van der Waals surface area contributed by atoms with Crippen molar-refractivity contribution in [2.45, 2.75) is 195 Å². The van der Waals surface area contributed by atoms with Crippen molar-refractivity contribution in [2.24, 2.45) is 0 Å². The van der Waals surface area contributed by atoms with Gasteiger partial charge in [0.2, 0.25) is 5.91 Å². The van der Waals surface area contributed by atoms with Crippen LogP contribution in [0.15, 0.2) is 48.6 Å². The van der Waals surface area contributed by atoms with Gasteiger partial charge in [-0.3, -0.25) is 18.8 Å². The summed E-state index contributed by atoms with van der Waals surface area (Å²) in [5.41, 5.74) is 0. The van der Waals surface area contributed by atoms with Crippen LogP contribution in [0.4, 0.5) is 4.39 Å². The third-order valence-corrected chi connectivity index (χ3v) is 9.12. The van der Waals surface area contributed by atoms with E-state index < -0.39 is 11.9 Å². The number of amides is 1. The molecule has 0 unspecified atom stereocenters. The Labute approximate surface area is 340 Å². The van der Waals surface area contributed by atoms with E-state index >= 15 is 0 Å². The van der Waals surface area contributed by atoms with E-state index in [1.165, 1.54) is 114 Å². The Morgan fingerprint density at radius 3 is 1.19 bits per heavy atom. The molecule has 6 nitrogen and oxygen atoms in total. The average molecular weight is 864 g/mol. The summed E-state index contributed by atoms with van der Waals surface area (Å²) >= 11 is 2.45. The second-order valence-corrected chi connectivity index (χ2v) is 14.3. The van der Waals surface area contributed by atoms with Crippen molar-refractivity contribution in [1.82, 2.24) is 5.32 Å². The van der Waals surface area contributed by atoms with Gasteiger partial charge in [-0.1, -0.05) is 137 Å². The Hall–Kier alpha value is -1.97. The van der Waals surface area contributed by atoms with Crippen molar-refractivity contribution in [3.05, 3.63) is 48.6 Å². The molecule has 0 aromatic carbocycles. The number of allylic oxidation sites excluding steroid dienone is 8. The standard InChI is InChI=1S/C23H40INO3.C20H35FO2.2CH4/c1-28-23(27)21-25-22(26)19-17-15-13-11-9-7-5-3-2-4-6-8-10-12-14-16-18-20-24;21-19-17-15-13-11-9-7-5-3-1-2-4-6-8-10-12-14-16-18-20(22)23;;/h8,10-11,13H,2-7,9,12,14-21H2,1H3,(H,25,26);7,9-10,12H,1-6,8,11,13-19H2,(H,22,23);2*1H4/b10-8-,13-11-;9-7-,12-10-;;. The van der Waals surface area contributed by atoms with Gasteiger partial charge >= 0.3 is 11.9 Å². The maximum Gasteiger partial charge on any atom is 0.325 e. The molecule has 53 heavy (non-hydrogen) atoms. The van der Waals surface area contributed by atoms with Crippen molar-refractivity contribution in [1.29, 1.82) is 0 Å². The number of esters is 1. The van der Waals surface area contributed by atoms with Crippen LogP contribution in [-0.2, 0) is 19.1 Å². The number of unbranched alkanes of at least 4 members (excludes halogenated alkanes) is 20. The van der Waals surface area contributed by atoms with Crippen LogP contribution in [0.5, 0.6) is 0 Å². The lowest BCUT2D eigenvalue weighted by molar-refractivity contribution is -0.141. The lowest BCUT2D eigenvalue weighted by Crippen LogP contribution is -2.29. The van der Waals surface area contributed by atoms with Crippen molar-refractivity contribution in [2.75, 3.05) is 24.8 Å². The highest BCUT2D eigenvalue weighted by atomic mass is 127. The Morgan fingerprint density at radius 1 is 0.528 bits per heavy atom. The number of hydrogen-bond donors (Lipinski definition) is 2. The normalized spacial score (nSPS) is 11.1. The summed E-state index contributed by atoms with van der Waals surface area (Å²) in [6, 6.07) is 0. The summed E-state index contributed by atoms with van der Waals surface area (Å²) in [5, 5.41) is 11.1. The van der Waals surface area contributed by atoms with E-state index in [9.17, 15) is 18.8 Å². The lowest BCUT2D eigenvalue weighted by Gasteiger charge is -2.02. The molecular formula is C45H83FINO5. The van der Waals surface area contributed by atoms with Crippen LogP contribution in [0, 0.1) is 0 Å². The maximum atomic E-state index is 11.9. The molecule has 0 aliphatic rings. The quantitative estimate of drug-likeness (QED) is 0.0215. The number of halogens is 2. The minimum atomic E-state index is -0.704. The number of aliphatic carboxylic acids is 1. The van der Waals surface area contributed by atoms with Gasteiger partial charge in [-0.05, 0) is 120 Å². The fraction of sp³-hybridized carbons (Fsp3) is 0.756. The average Bonchev–Trinajstić information content (AvgIpc) is 3.13. The largest absolute Gasteiger partial charge is 0.481 e. The predicted octanol–water partition coefficient (Wildman–Crippen LogP) is 14.2. The Morgan fingerprint density at radius 2 is 0.849 bits per heavy atom. The van der Waals surface area contributed by atoms with Crippen LogP contribution in [0.3, 0.4) is 0 Å². The molecule has 2 N–H and O–H groups in total. The molecule has 0 aromatic heterocycles. The molecule has 0 saturated heterocycles. The van der Waals surface area contributed by atoms with Gasteiger partial charge in [0, 0.05) is 12.8 Å². The zero-order chi connectivity index (χ0) is 37.7. The highest BCUT2D eigenvalue weighted by molar-refractivity contribution is 14.1. The zero-order valence-electron chi connectivity index (χ0n) is 32.4. The number of carboxylic acids is 1. The van der Waals surface area contributed by atoms with Crippen LogP contribution in [0.2, 0.25) is 0 Å². The molecule has 8 heteroatoms. The minimum absolute atomic E-state index is 0. The van der Waals surface area contributed by atoms with Crippen LogP contribution in [0.25, 0.3) is 0 Å². The first-order chi connectivity index (χ1) is 25.0. The summed E-state index contributed by atoms with van der Waals surface area (Å²) in [6.45, 7) is -0.218. The summed E-state index contributed by atoms with van der Waals surface area (Å²) in [4.78, 5) is 32.7. The molecule has 312 valence electrons. The molecule has 0 saturated carbocycles. The topological polar surface area (TPSA) is 92.7 Å². The number of carboxylic acid groups (broad SMARTS) is 1. The number of alkyl halides is 2. The van der Waals surface area contributed by atoms with Gasteiger partial charge in [0.25, 0.3) is 0 Å². The Balaban J connectivity index is -0.000000444. The second kappa shape index (κ2) is 52.1. The van der Waals surface area contributed by atoms with Crippen molar-refractivity contribution < 1.29 is 28.6 Å². The fourth-order valence-corrected chi connectivity index (χ4v) is 5.74. The van der Waals surface area contributed by atoms with E-state index in [-0.39, 0.29) is 40.4 Å². The third-order valence-electron chi connectivity index (χ3n) is 8.35. The van der Waals surface area contributed by atoms with Gasteiger partial charge in [0.1, 0.15) is 6.54 Å². The van der Waals surface area contributed by atoms with E-state index in [0.717, 1.165) is 57.8 Å². The molecule has 1 amide bonds. The summed E-state index contributed by atoms with van der Waals surface area (Å²) in [6.07, 6.45) is 48.9. The molecule has 0 atom stereocenters. The number of nitrogens with one attached hydrogen (secondary N) is 1. The highest BCUT2D eigenvalue weighted by Gasteiger charge is 2.04. The second-order valence-electron chi connectivity index (χ2n) is 13.2. The first kappa shape index (κ1) is 57.7. The van der Waals surface area contributed by atoms with Crippen LogP contribution >= 0.6 is 22.6 Å². The molecule has 0 spiro atoms. The minimum Gasteiger partial charge on any atom is -0.481 e. The van der Waals surface area contributed by atoms with E-state index in [4.69, 9.17) is 5.11 Å². The number of methoxy groups -OCH3 is 1. The zero-order valence-corrected chi connectivity index (χ0v) is 34.5. The molecule has 0 aromatic rings. The monoisotopic (exact) mass is 864 g/mol. The number of carbonyl (C=O) groups is 3. The highest BCUT2D eigenvalue weighted by Crippen LogP contribution is 2.11. The summed E-state index contributed by atoms with van der Waals surface area (Å²) in [5.74, 6) is -1.21. The molecule has 0 aliphatic heterocycles. The summed E-state index contributed by atoms with van der Waals surface area (Å²) in [7, 11) is 1.31. The SMILES string of the molecule is C.C.COC(=O)CNC(=O)CCC/C=C\CCCCCCC/C=C\CCCCCI.O=C(O)CCC/C=C\CCCCCCC/C=C\CCCCCF. The van der Waals surface area contributed by atoms with Gasteiger partial charge < -0.3 is 15.2 Å². The van der Waals surface area contributed by atoms with Gasteiger partial charge in [-0.25, -0.2) is 0 Å². The van der Waals surface area contributed by atoms with E-state index in [1.54, 1.807) is 0 Å². The number of carbonyl (C=O) groups excluding carboxylic acids is 2. The van der Waals surface area contributed by atoms with Crippen LogP contribution in [-0.4, -0.2) is 47.7 Å². The van der Waals surface area contributed by atoms with Crippen LogP contribution in [0.1, 0.15) is 195 Å². The number of hydrogen-bond acceptors (Lipinski definition) is 4. The molecule has 0 aliphatic carbocycles. The predicted molar refractivity (Wildman–Crippen MR) is 237 cm³/mol. The van der Waals surface area contributed by atoms with Crippen molar-refractivity contribution in [3.8, 4) is 0 Å². The van der Waals surface area contributed by atoms with E-state index in [2.05, 4.69) is 81.3 Å². The first-order valence-electron chi connectivity index (χ1n) is 20.2. The Kier molecular flexibility index (Phi) is 56.8. The summed E-state index contributed by atoms with van der Waals surface area (Å²) < 4.78 is 17.6. The maximum absolute atomic E-state index is 11.9. The molecule has 0 radical (unpaired) electrons. The van der Waals surface area contributed by atoms with Crippen molar-refractivity contribution in [3.63, 3.8) is 0 Å². The molecular weight excluding hydrogens is 780 g/mol. The fourth-order valence-electron chi connectivity index (χ4n) is 5.20. The molecule has 0 rings (SSSR count). The smallest absolute Gasteiger partial charge is 0.325 e. The molecule has 0 fully saturated rings. The third kappa shape index (κ3) is 56.9. The number of rotatable bonds is 36. The Bertz CT molecular complexity index is 890. The van der Waals surface area contributed by atoms with Gasteiger partial charge in [0.05, 0.1) is 13.8 Å². The van der Waals surface area contributed by atoms with E-state index in [1.807, 2.05) is 0 Å². The molecule has 0 heterocycles. The first-order valence-corrected chi connectivity index (χ1v) is 21.8.